The number of aryl methyl sites for hydroxylation is 2. The molecule has 1 saturated carbocycles. The standard InChI is InChI=1S/C32H39N3O5/c1-19-10-9-11-20(2)27(19)28(29(37)33-24-15-14-22-12-7-8-13-23(22)17-24)35(26-16-21(26)3)30(38)25(18-36)34-31(39)40-32(4,5)6/h7-15,17,21,25-26,28,36H,16,18H2,1-6H3,(H,33,37)(H,34,39). The van der Waals surface area contributed by atoms with Crippen LogP contribution in [0, 0.1) is 19.8 Å². The van der Waals surface area contributed by atoms with Gasteiger partial charge in [0.15, 0.2) is 0 Å². The molecule has 4 rings (SSSR count). The monoisotopic (exact) mass is 545 g/mol. The van der Waals surface area contributed by atoms with Gasteiger partial charge in [-0.1, -0.05) is 55.5 Å². The maximum atomic E-state index is 14.2. The van der Waals surface area contributed by atoms with Crippen LogP contribution in [0.1, 0.15) is 56.8 Å². The molecule has 3 N–H and O–H groups in total. The average Bonchev–Trinajstić information content (AvgIpc) is 3.60. The van der Waals surface area contributed by atoms with Gasteiger partial charge in [0.2, 0.25) is 5.91 Å². The Labute approximate surface area is 235 Å². The van der Waals surface area contributed by atoms with Gasteiger partial charge in [0.1, 0.15) is 17.7 Å². The number of carbonyl (C=O) groups excluding carboxylic acids is 3. The molecule has 0 radical (unpaired) electrons. The number of aliphatic hydroxyl groups is 1. The van der Waals surface area contributed by atoms with Gasteiger partial charge >= 0.3 is 6.09 Å². The first kappa shape index (κ1) is 29.1. The van der Waals surface area contributed by atoms with Gasteiger partial charge in [-0.3, -0.25) is 9.59 Å². The van der Waals surface area contributed by atoms with E-state index in [1.807, 2.05) is 81.4 Å². The van der Waals surface area contributed by atoms with Crippen LogP contribution >= 0.6 is 0 Å². The number of rotatable bonds is 8. The van der Waals surface area contributed by atoms with Crippen LogP contribution in [-0.2, 0) is 14.3 Å². The molecule has 3 amide bonds. The Kier molecular flexibility index (Phi) is 8.49. The summed E-state index contributed by atoms with van der Waals surface area (Å²) in [5, 5.41) is 17.8. The van der Waals surface area contributed by atoms with Gasteiger partial charge in [0, 0.05) is 11.7 Å². The number of hydrogen-bond acceptors (Lipinski definition) is 5. The normalized spacial score (nSPS) is 18.0. The first-order valence-electron chi connectivity index (χ1n) is 13.7. The minimum Gasteiger partial charge on any atom is -0.444 e. The van der Waals surface area contributed by atoms with Gasteiger partial charge < -0.3 is 25.4 Å². The Morgan fingerprint density at radius 3 is 2.20 bits per heavy atom. The third kappa shape index (κ3) is 6.62. The summed E-state index contributed by atoms with van der Waals surface area (Å²) in [6.07, 6.45) is -0.103. The van der Waals surface area contributed by atoms with Crippen LogP contribution < -0.4 is 10.6 Å². The molecule has 0 saturated heterocycles. The van der Waals surface area contributed by atoms with Crippen LogP contribution in [0.4, 0.5) is 10.5 Å². The van der Waals surface area contributed by atoms with Gasteiger partial charge in [0.25, 0.3) is 5.91 Å². The molecule has 3 aromatic rings. The molecular weight excluding hydrogens is 506 g/mol. The van der Waals surface area contributed by atoms with Crippen molar-refractivity contribution in [2.75, 3.05) is 11.9 Å². The lowest BCUT2D eigenvalue weighted by Crippen LogP contribution is -2.55. The molecule has 8 heteroatoms. The van der Waals surface area contributed by atoms with E-state index in [0.29, 0.717) is 12.1 Å². The van der Waals surface area contributed by atoms with E-state index in [0.717, 1.165) is 27.5 Å². The number of fused-ring (bicyclic) bond motifs is 1. The molecule has 0 aliphatic heterocycles. The van der Waals surface area contributed by atoms with Crippen LogP contribution in [0.15, 0.2) is 60.7 Å². The third-order valence-corrected chi connectivity index (χ3v) is 7.21. The van der Waals surface area contributed by atoms with E-state index in [2.05, 4.69) is 10.6 Å². The summed E-state index contributed by atoms with van der Waals surface area (Å²) in [5.74, 6) is -0.747. The van der Waals surface area contributed by atoms with E-state index >= 15 is 0 Å². The summed E-state index contributed by atoms with van der Waals surface area (Å²) >= 11 is 0. The van der Waals surface area contributed by atoms with Gasteiger partial charge in [-0.05, 0) is 86.6 Å². The summed E-state index contributed by atoms with van der Waals surface area (Å²) in [7, 11) is 0. The van der Waals surface area contributed by atoms with Gasteiger partial charge in [0.05, 0.1) is 6.61 Å². The Morgan fingerprint density at radius 2 is 1.62 bits per heavy atom. The number of amides is 3. The van der Waals surface area contributed by atoms with Gasteiger partial charge in [-0.25, -0.2) is 4.79 Å². The quantitative estimate of drug-likeness (QED) is 0.358. The van der Waals surface area contributed by atoms with Crippen LogP contribution in [0.3, 0.4) is 0 Å². The van der Waals surface area contributed by atoms with E-state index in [1.165, 1.54) is 0 Å². The second-order valence-corrected chi connectivity index (χ2v) is 11.7. The van der Waals surface area contributed by atoms with Crippen molar-refractivity contribution in [1.82, 2.24) is 10.2 Å². The van der Waals surface area contributed by atoms with Crippen LogP contribution in [0.5, 0.6) is 0 Å². The van der Waals surface area contributed by atoms with Crippen molar-refractivity contribution in [3.05, 3.63) is 77.4 Å². The summed E-state index contributed by atoms with van der Waals surface area (Å²) in [6, 6.07) is 16.8. The lowest BCUT2D eigenvalue weighted by Gasteiger charge is -2.36. The van der Waals surface area contributed by atoms with Crippen molar-refractivity contribution < 1.29 is 24.2 Å². The highest BCUT2D eigenvalue weighted by molar-refractivity contribution is 6.01. The van der Waals surface area contributed by atoms with Crippen molar-refractivity contribution in [3.63, 3.8) is 0 Å². The van der Waals surface area contributed by atoms with E-state index in [9.17, 15) is 19.5 Å². The number of alkyl carbamates (subject to hydrolysis) is 1. The van der Waals surface area contributed by atoms with Gasteiger partial charge in [-0.15, -0.1) is 0 Å². The molecule has 4 unspecified atom stereocenters. The lowest BCUT2D eigenvalue weighted by molar-refractivity contribution is -0.142. The number of carbonyl (C=O) groups is 3. The molecule has 0 heterocycles. The molecular formula is C32H39N3O5. The SMILES string of the molecule is Cc1cccc(C)c1C(C(=O)Nc1ccc2ccccc2c1)N(C(=O)C(CO)NC(=O)OC(C)(C)C)C1CC1C. The van der Waals surface area contributed by atoms with E-state index in [1.54, 1.807) is 25.7 Å². The van der Waals surface area contributed by atoms with E-state index in [4.69, 9.17) is 4.74 Å². The average molecular weight is 546 g/mol. The Balaban J connectivity index is 1.73. The third-order valence-electron chi connectivity index (χ3n) is 7.21. The Bertz CT molecular complexity index is 1390. The zero-order valence-corrected chi connectivity index (χ0v) is 24.0. The molecule has 0 bridgehead atoms. The predicted octanol–water partition coefficient (Wildman–Crippen LogP) is 5.26. The number of hydrogen-bond donors (Lipinski definition) is 3. The minimum absolute atomic E-state index is 0.158. The largest absolute Gasteiger partial charge is 0.444 e. The maximum Gasteiger partial charge on any atom is 0.408 e. The number of nitrogens with one attached hydrogen (secondary N) is 2. The molecule has 0 aromatic heterocycles. The summed E-state index contributed by atoms with van der Waals surface area (Å²) in [4.78, 5) is 42.4. The molecule has 1 fully saturated rings. The highest BCUT2D eigenvalue weighted by Gasteiger charge is 2.48. The van der Waals surface area contributed by atoms with Crippen molar-refractivity contribution in [1.29, 1.82) is 0 Å². The topological polar surface area (TPSA) is 108 Å². The maximum absolute atomic E-state index is 14.2. The Morgan fingerprint density at radius 1 is 1.00 bits per heavy atom. The second-order valence-electron chi connectivity index (χ2n) is 11.7. The molecule has 3 aromatic carbocycles. The van der Waals surface area contributed by atoms with Crippen molar-refractivity contribution >= 4 is 34.4 Å². The molecule has 1 aliphatic carbocycles. The summed E-state index contributed by atoms with van der Waals surface area (Å²) in [6.45, 7) is 10.4. The second kappa shape index (κ2) is 11.7. The molecule has 4 atom stereocenters. The number of benzene rings is 3. The predicted molar refractivity (Wildman–Crippen MR) is 156 cm³/mol. The van der Waals surface area contributed by atoms with Crippen molar-refractivity contribution in [2.45, 2.75) is 71.7 Å². The summed E-state index contributed by atoms with van der Waals surface area (Å²) in [5.41, 5.74) is 2.29. The van der Waals surface area contributed by atoms with Crippen LogP contribution in [-0.4, -0.2) is 52.2 Å². The molecule has 212 valence electrons. The fourth-order valence-electron chi connectivity index (χ4n) is 5.12. The zero-order chi connectivity index (χ0) is 29.2. The molecule has 0 spiro atoms. The molecule has 8 nitrogen and oxygen atoms in total. The van der Waals surface area contributed by atoms with Crippen LogP contribution in [0.2, 0.25) is 0 Å². The number of aliphatic hydroxyl groups excluding tert-OH is 1. The number of ether oxygens (including phenoxy) is 1. The first-order chi connectivity index (χ1) is 18.9. The number of anilines is 1. The van der Waals surface area contributed by atoms with Crippen molar-refractivity contribution in [3.8, 4) is 0 Å². The van der Waals surface area contributed by atoms with Gasteiger partial charge in [-0.2, -0.15) is 0 Å². The highest BCUT2D eigenvalue weighted by atomic mass is 16.6. The lowest BCUT2D eigenvalue weighted by atomic mass is 9.93. The fraction of sp³-hybridized carbons (Fsp3) is 0.406. The Hall–Kier alpha value is -3.91. The van der Waals surface area contributed by atoms with Crippen molar-refractivity contribution in [2.24, 2.45) is 5.92 Å². The fourth-order valence-corrected chi connectivity index (χ4v) is 5.12. The van der Waals surface area contributed by atoms with E-state index < -0.39 is 36.3 Å². The summed E-state index contributed by atoms with van der Waals surface area (Å²) < 4.78 is 5.33. The van der Waals surface area contributed by atoms with E-state index in [-0.39, 0.29) is 17.9 Å². The number of nitrogens with zero attached hydrogens (tertiary/aromatic N) is 1. The van der Waals surface area contributed by atoms with Crippen LogP contribution in [0.25, 0.3) is 10.8 Å². The first-order valence-corrected chi connectivity index (χ1v) is 13.7. The molecule has 1 aliphatic rings. The highest BCUT2D eigenvalue weighted by Crippen LogP contribution is 2.42. The molecule has 40 heavy (non-hydrogen) atoms. The smallest absolute Gasteiger partial charge is 0.408 e. The zero-order valence-electron chi connectivity index (χ0n) is 24.0. The minimum atomic E-state index is -1.28.